The Hall–Kier alpha value is -1.06. The number of aryl methyl sites for hydroxylation is 1. The number of carbonyl (C=O) groups excluding carboxylic acids is 1. The van der Waals surface area contributed by atoms with Crippen LogP contribution in [0.2, 0.25) is 0 Å². The van der Waals surface area contributed by atoms with Crippen LogP contribution in [0.1, 0.15) is 49.1 Å². The van der Waals surface area contributed by atoms with Gasteiger partial charge in [-0.3, -0.25) is 4.79 Å². The van der Waals surface area contributed by atoms with Crippen LogP contribution in [-0.2, 0) is 11.2 Å². The number of nitrogens with two attached hydrogens (primary N) is 1. The molecule has 1 saturated carbocycles. The van der Waals surface area contributed by atoms with Crippen LogP contribution in [0.15, 0.2) is 24.3 Å². The molecule has 0 aromatic heterocycles. The van der Waals surface area contributed by atoms with Crippen molar-refractivity contribution in [2.45, 2.75) is 50.5 Å². The van der Waals surface area contributed by atoms with Gasteiger partial charge in [-0.15, -0.1) is 12.4 Å². The van der Waals surface area contributed by atoms with Crippen molar-refractivity contribution < 1.29 is 4.79 Å². The minimum Gasteiger partial charge on any atom is -0.352 e. The second-order valence-corrected chi connectivity index (χ2v) is 6.24. The highest BCUT2D eigenvalue weighted by molar-refractivity contribution is 5.85. The van der Waals surface area contributed by atoms with Crippen molar-refractivity contribution in [1.82, 2.24) is 5.32 Å². The Kier molecular flexibility index (Phi) is 5.65. The van der Waals surface area contributed by atoms with Gasteiger partial charge >= 0.3 is 0 Å². The Labute approximate surface area is 133 Å². The second kappa shape index (κ2) is 7.28. The van der Waals surface area contributed by atoms with E-state index in [1.54, 1.807) is 0 Å². The quantitative estimate of drug-likeness (QED) is 0.879. The summed E-state index contributed by atoms with van der Waals surface area (Å²) in [5, 5.41) is 3.14. The number of nitrogens with one attached hydrogen (secondary N) is 1. The molecule has 0 spiro atoms. The van der Waals surface area contributed by atoms with Gasteiger partial charge in [0.05, 0.1) is 0 Å². The van der Waals surface area contributed by atoms with Crippen LogP contribution in [0.25, 0.3) is 0 Å². The van der Waals surface area contributed by atoms with Crippen molar-refractivity contribution in [2.75, 3.05) is 6.54 Å². The van der Waals surface area contributed by atoms with Crippen LogP contribution >= 0.6 is 12.4 Å². The highest BCUT2D eigenvalue weighted by Crippen LogP contribution is 2.35. The first-order valence-electron chi connectivity index (χ1n) is 7.85. The number of halogens is 1. The van der Waals surface area contributed by atoms with Gasteiger partial charge in [-0.2, -0.15) is 0 Å². The van der Waals surface area contributed by atoms with Crippen LogP contribution < -0.4 is 11.1 Å². The third-order valence-corrected chi connectivity index (χ3v) is 4.72. The molecular formula is C17H25ClN2O. The number of hydrogen-bond acceptors (Lipinski definition) is 2. The van der Waals surface area contributed by atoms with Crippen molar-refractivity contribution >= 4 is 18.3 Å². The summed E-state index contributed by atoms with van der Waals surface area (Å²) in [5.41, 5.74) is 8.56. The maximum absolute atomic E-state index is 12.3. The first-order valence-corrected chi connectivity index (χ1v) is 7.85. The van der Waals surface area contributed by atoms with Gasteiger partial charge in [0.25, 0.3) is 0 Å². The molecule has 1 aromatic rings. The summed E-state index contributed by atoms with van der Waals surface area (Å²) in [7, 11) is 0. The highest BCUT2D eigenvalue weighted by atomic mass is 35.5. The average Bonchev–Trinajstić information content (AvgIpc) is 3.30. The highest BCUT2D eigenvalue weighted by Gasteiger charge is 2.32. The lowest BCUT2D eigenvalue weighted by Crippen LogP contribution is -2.42. The van der Waals surface area contributed by atoms with Crippen LogP contribution in [0, 0.1) is 5.92 Å². The SMILES string of the molecule is Cl.NCC(NC(=O)CC1CCCc2ccccc21)C1CC1. The van der Waals surface area contributed by atoms with E-state index in [0.717, 1.165) is 12.8 Å². The zero-order valence-electron chi connectivity index (χ0n) is 12.4. The summed E-state index contributed by atoms with van der Waals surface area (Å²) in [4.78, 5) is 12.3. The molecule has 0 aliphatic heterocycles. The molecule has 1 fully saturated rings. The van der Waals surface area contributed by atoms with E-state index in [1.165, 1.54) is 30.4 Å². The van der Waals surface area contributed by atoms with Crippen molar-refractivity contribution in [3.05, 3.63) is 35.4 Å². The standard InChI is InChI=1S/C17H24N2O.ClH/c18-11-16(13-8-9-13)19-17(20)10-14-6-3-5-12-4-1-2-7-15(12)14;/h1-2,4,7,13-14,16H,3,5-6,8-11,18H2,(H,19,20);1H. The molecule has 3 nitrogen and oxygen atoms in total. The third kappa shape index (κ3) is 3.98. The van der Waals surface area contributed by atoms with Crippen molar-refractivity contribution in [2.24, 2.45) is 11.7 Å². The molecule has 0 bridgehead atoms. The molecule has 0 radical (unpaired) electrons. The van der Waals surface area contributed by atoms with Crippen molar-refractivity contribution in [3.63, 3.8) is 0 Å². The Bertz CT molecular complexity index is 487. The van der Waals surface area contributed by atoms with Crippen LogP contribution in [0.4, 0.5) is 0 Å². The van der Waals surface area contributed by atoms with Crippen LogP contribution in [-0.4, -0.2) is 18.5 Å². The lowest BCUT2D eigenvalue weighted by atomic mass is 9.81. The summed E-state index contributed by atoms with van der Waals surface area (Å²) >= 11 is 0. The minimum absolute atomic E-state index is 0. The predicted molar refractivity (Wildman–Crippen MR) is 87.7 cm³/mol. The van der Waals surface area contributed by atoms with E-state index >= 15 is 0 Å². The zero-order valence-corrected chi connectivity index (χ0v) is 13.2. The van der Waals surface area contributed by atoms with E-state index in [4.69, 9.17) is 5.73 Å². The molecular weight excluding hydrogens is 284 g/mol. The minimum atomic E-state index is 0. The molecule has 1 amide bonds. The van der Waals surface area contributed by atoms with Gasteiger partial charge < -0.3 is 11.1 Å². The van der Waals surface area contributed by atoms with E-state index < -0.39 is 0 Å². The molecule has 4 heteroatoms. The molecule has 3 N–H and O–H groups in total. The maximum Gasteiger partial charge on any atom is 0.220 e. The van der Waals surface area contributed by atoms with Gasteiger partial charge in [0.1, 0.15) is 0 Å². The summed E-state index contributed by atoms with van der Waals surface area (Å²) in [6.07, 6.45) is 6.52. The first-order chi connectivity index (χ1) is 9.78. The number of amides is 1. The topological polar surface area (TPSA) is 55.1 Å². The van der Waals surface area contributed by atoms with Crippen LogP contribution in [0.3, 0.4) is 0 Å². The smallest absolute Gasteiger partial charge is 0.220 e. The summed E-state index contributed by atoms with van der Waals surface area (Å²) in [6.45, 7) is 0.567. The average molecular weight is 309 g/mol. The van der Waals surface area contributed by atoms with Crippen LogP contribution in [0.5, 0.6) is 0 Å². The second-order valence-electron chi connectivity index (χ2n) is 6.24. The summed E-state index contributed by atoms with van der Waals surface area (Å²) in [6, 6.07) is 8.77. The predicted octanol–water partition coefficient (Wildman–Crippen LogP) is 2.77. The van der Waals surface area contributed by atoms with E-state index in [0.29, 0.717) is 24.8 Å². The number of hydrogen-bond donors (Lipinski definition) is 2. The molecule has 21 heavy (non-hydrogen) atoms. The number of rotatable bonds is 5. The Morgan fingerprint density at radius 2 is 2.05 bits per heavy atom. The lowest BCUT2D eigenvalue weighted by Gasteiger charge is -2.26. The van der Waals surface area contributed by atoms with Gasteiger partial charge in [0.2, 0.25) is 5.91 Å². The van der Waals surface area contributed by atoms with E-state index in [-0.39, 0.29) is 24.4 Å². The fourth-order valence-electron chi connectivity index (χ4n) is 3.42. The van der Waals surface area contributed by atoms with Gasteiger partial charge in [0, 0.05) is 19.0 Å². The fraction of sp³-hybridized carbons (Fsp3) is 0.588. The van der Waals surface area contributed by atoms with Gasteiger partial charge in [0.15, 0.2) is 0 Å². The normalized spacial score (nSPS) is 21.9. The zero-order chi connectivity index (χ0) is 13.9. The van der Waals surface area contributed by atoms with E-state index in [9.17, 15) is 4.79 Å². The third-order valence-electron chi connectivity index (χ3n) is 4.72. The number of benzene rings is 1. The Balaban J connectivity index is 0.00000161. The first kappa shape index (κ1) is 16.3. The van der Waals surface area contributed by atoms with Gasteiger partial charge in [-0.1, -0.05) is 24.3 Å². The van der Waals surface area contributed by atoms with Gasteiger partial charge in [-0.25, -0.2) is 0 Å². The largest absolute Gasteiger partial charge is 0.352 e. The van der Waals surface area contributed by atoms with E-state index in [1.807, 2.05) is 0 Å². The molecule has 0 heterocycles. The number of fused-ring (bicyclic) bond motifs is 1. The Morgan fingerprint density at radius 1 is 1.29 bits per heavy atom. The molecule has 2 aliphatic rings. The lowest BCUT2D eigenvalue weighted by molar-refractivity contribution is -0.122. The fourth-order valence-corrected chi connectivity index (χ4v) is 3.42. The van der Waals surface area contributed by atoms with E-state index in [2.05, 4.69) is 29.6 Å². The number of carbonyl (C=O) groups is 1. The monoisotopic (exact) mass is 308 g/mol. The molecule has 2 aliphatic carbocycles. The molecule has 0 saturated heterocycles. The summed E-state index contributed by atoms with van der Waals surface area (Å²) in [5.74, 6) is 1.19. The van der Waals surface area contributed by atoms with Gasteiger partial charge in [-0.05, 0) is 55.1 Å². The van der Waals surface area contributed by atoms with Crippen molar-refractivity contribution in [3.8, 4) is 0 Å². The molecule has 116 valence electrons. The van der Waals surface area contributed by atoms with Crippen molar-refractivity contribution in [1.29, 1.82) is 0 Å². The molecule has 3 rings (SSSR count). The molecule has 2 atom stereocenters. The Morgan fingerprint density at radius 3 is 2.76 bits per heavy atom. The summed E-state index contributed by atoms with van der Waals surface area (Å²) < 4.78 is 0. The maximum atomic E-state index is 12.3. The molecule has 2 unspecified atom stereocenters. The molecule has 1 aromatic carbocycles.